The summed E-state index contributed by atoms with van der Waals surface area (Å²) < 4.78 is 4.88. The summed E-state index contributed by atoms with van der Waals surface area (Å²) in [7, 11) is 0. The van der Waals surface area contributed by atoms with E-state index in [-0.39, 0.29) is 19.1 Å². The molecule has 2 atom stereocenters. The third-order valence-electron chi connectivity index (χ3n) is 3.83. The average molecular weight is 299 g/mol. The first-order valence-corrected chi connectivity index (χ1v) is 7.68. The number of aliphatic carboxylic acids is 1. The standard InChI is InChI=1S/C15H25NO5/c1-3-9-16(10-13(17)21-4-2)14(18)11-7-5-6-8-12(11)15(19)20/h11-12H,3-10H2,1-2H3,(H,19,20)/t11-,12+/m1/s1. The second kappa shape index (κ2) is 8.64. The third-order valence-corrected chi connectivity index (χ3v) is 3.83. The topological polar surface area (TPSA) is 83.9 Å². The number of carbonyl (C=O) groups is 3. The molecule has 0 aromatic carbocycles. The maximum atomic E-state index is 12.6. The van der Waals surface area contributed by atoms with Crippen LogP contribution in [-0.4, -0.2) is 47.5 Å². The lowest BCUT2D eigenvalue weighted by Gasteiger charge is -2.32. The largest absolute Gasteiger partial charge is 0.481 e. The highest BCUT2D eigenvalue weighted by Crippen LogP contribution is 2.31. The molecule has 1 N–H and O–H groups in total. The summed E-state index contributed by atoms with van der Waals surface area (Å²) in [5.74, 6) is -2.73. The Morgan fingerprint density at radius 2 is 1.76 bits per heavy atom. The van der Waals surface area contributed by atoms with Gasteiger partial charge in [0.2, 0.25) is 5.91 Å². The van der Waals surface area contributed by atoms with Gasteiger partial charge in [0, 0.05) is 6.54 Å². The Balaban J connectivity index is 2.77. The summed E-state index contributed by atoms with van der Waals surface area (Å²) >= 11 is 0. The molecule has 1 rings (SSSR count). The van der Waals surface area contributed by atoms with Gasteiger partial charge in [-0.2, -0.15) is 0 Å². The molecule has 21 heavy (non-hydrogen) atoms. The zero-order chi connectivity index (χ0) is 15.8. The molecule has 6 heteroatoms. The predicted molar refractivity (Wildman–Crippen MR) is 76.6 cm³/mol. The van der Waals surface area contributed by atoms with Crippen molar-refractivity contribution in [3.8, 4) is 0 Å². The van der Waals surface area contributed by atoms with E-state index < -0.39 is 23.8 Å². The lowest BCUT2D eigenvalue weighted by atomic mass is 9.78. The van der Waals surface area contributed by atoms with Crippen LogP contribution in [0.1, 0.15) is 46.0 Å². The van der Waals surface area contributed by atoms with Crippen molar-refractivity contribution in [3.05, 3.63) is 0 Å². The summed E-state index contributed by atoms with van der Waals surface area (Å²) in [5, 5.41) is 9.27. The Labute approximate surface area is 125 Å². The van der Waals surface area contributed by atoms with E-state index in [9.17, 15) is 19.5 Å². The number of esters is 1. The summed E-state index contributed by atoms with van der Waals surface area (Å²) in [6.45, 7) is 4.25. The number of ether oxygens (including phenoxy) is 1. The Morgan fingerprint density at radius 3 is 2.29 bits per heavy atom. The molecule has 0 aliphatic heterocycles. The monoisotopic (exact) mass is 299 g/mol. The molecule has 120 valence electrons. The van der Waals surface area contributed by atoms with Crippen LogP contribution in [0, 0.1) is 11.8 Å². The van der Waals surface area contributed by atoms with Crippen molar-refractivity contribution in [1.29, 1.82) is 0 Å². The molecule has 0 bridgehead atoms. The van der Waals surface area contributed by atoms with Gasteiger partial charge >= 0.3 is 11.9 Å². The quantitative estimate of drug-likeness (QED) is 0.723. The van der Waals surface area contributed by atoms with Crippen molar-refractivity contribution < 1.29 is 24.2 Å². The molecule has 0 heterocycles. The zero-order valence-electron chi connectivity index (χ0n) is 12.8. The number of rotatable bonds is 7. The second-order valence-corrected chi connectivity index (χ2v) is 5.40. The highest BCUT2D eigenvalue weighted by atomic mass is 16.5. The SMILES string of the molecule is CCCN(CC(=O)OCC)C(=O)[C@@H]1CCCC[C@@H]1C(=O)O. The number of nitrogens with zero attached hydrogens (tertiary/aromatic N) is 1. The van der Waals surface area contributed by atoms with Crippen molar-refractivity contribution >= 4 is 17.8 Å². The zero-order valence-corrected chi connectivity index (χ0v) is 12.8. The van der Waals surface area contributed by atoms with E-state index in [2.05, 4.69) is 0 Å². The molecule has 0 radical (unpaired) electrons. The van der Waals surface area contributed by atoms with Crippen LogP contribution >= 0.6 is 0 Å². The number of carbonyl (C=O) groups excluding carboxylic acids is 2. The third kappa shape index (κ3) is 5.02. The maximum Gasteiger partial charge on any atom is 0.325 e. The van der Waals surface area contributed by atoms with E-state index in [0.717, 1.165) is 19.3 Å². The fourth-order valence-corrected chi connectivity index (χ4v) is 2.86. The number of hydrogen-bond acceptors (Lipinski definition) is 4. The van der Waals surface area contributed by atoms with E-state index >= 15 is 0 Å². The second-order valence-electron chi connectivity index (χ2n) is 5.40. The van der Waals surface area contributed by atoms with Crippen LogP contribution in [0.5, 0.6) is 0 Å². The molecule has 0 unspecified atom stereocenters. The van der Waals surface area contributed by atoms with Crippen LogP contribution < -0.4 is 0 Å². The van der Waals surface area contributed by atoms with Gasteiger partial charge in [0.1, 0.15) is 6.54 Å². The molecule has 1 aliphatic rings. The number of amides is 1. The molecule has 0 aromatic rings. The molecular weight excluding hydrogens is 274 g/mol. The fraction of sp³-hybridized carbons (Fsp3) is 0.800. The van der Waals surface area contributed by atoms with E-state index in [4.69, 9.17) is 4.74 Å². The lowest BCUT2D eigenvalue weighted by molar-refractivity contribution is -0.155. The maximum absolute atomic E-state index is 12.6. The molecule has 1 fully saturated rings. The van der Waals surface area contributed by atoms with Crippen molar-refractivity contribution in [1.82, 2.24) is 4.90 Å². The van der Waals surface area contributed by atoms with Gasteiger partial charge in [-0.3, -0.25) is 14.4 Å². The summed E-state index contributed by atoms with van der Waals surface area (Å²) in [6, 6.07) is 0. The van der Waals surface area contributed by atoms with E-state index in [1.807, 2.05) is 6.92 Å². The van der Waals surface area contributed by atoms with Crippen molar-refractivity contribution in [2.24, 2.45) is 11.8 Å². The number of hydrogen-bond donors (Lipinski definition) is 1. The minimum absolute atomic E-state index is 0.0939. The van der Waals surface area contributed by atoms with Crippen LogP contribution in [0.25, 0.3) is 0 Å². The smallest absolute Gasteiger partial charge is 0.325 e. The Morgan fingerprint density at radius 1 is 1.14 bits per heavy atom. The minimum Gasteiger partial charge on any atom is -0.481 e. The summed E-state index contributed by atoms with van der Waals surface area (Å²) in [4.78, 5) is 37.0. The van der Waals surface area contributed by atoms with Gasteiger partial charge in [-0.1, -0.05) is 19.8 Å². The normalized spacial score (nSPS) is 21.6. The highest BCUT2D eigenvalue weighted by Gasteiger charge is 2.38. The van der Waals surface area contributed by atoms with Gasteiger partial charge in [-0.15, -0.1) is 0 Å². The van der Waals surface area contributed by atoms with Crippen LogP contribution in [0.15, 0.2) is 0 Å². The summed E-state index contributed by atoms with van der Waals surface area (Å²) in [5.41, 5.74) is 0. The molecule has 1 aliphatic carbocycles. The summed E-state index contributed by atoms with van der Waals surface area (Å²) in [6.07, 6.45) is 3.53. The van der Waals surface area contributed by atoms with Crippen molar-refractivity contribution in [3.63, 3.8) is 0 Å². The van der Waals surface area contributed by atoms with Crippen LogP contribution in [0.2, 0.25) is 0 Å². The Hall–Kier alpha value is -1.59. The molecule has 0 spiro atoms. The Bertz CT molecular complexity index is 382. The van der Waals surface area contributed by atoms with Gasteiger partial charge in [-0.25, -0.2) is 0 Å². The van der Waals surface area contributed by atoms with Gasteiger partial charge in [0.05, 0.1) is 18.4 Å². The first kappa shape index (κ1) is 17.5. The average Bonchev–Trinajstić information content (AvgIpc) is 2.46. The minimum atomic E-state index is -0.916. The van der Waals surface area contributed by atoms with Crippen LogP contribution in [0.3, 0.4) is 0 Å². The van der Waals surface area contributed by atoms with Crippen molar-refractivity contribution in [2.75, 3.05) is 19.7 Å². The Kier molecular flexibility index (Phi) is 7.19. The molecule has 0 saturated heterocycles. The fourth-order valence-electron chi connectivity index (χ4n) is 2.86. The molecule has 6 nitrogen and oxygen atoms in total. The first-order valence-electron chi connectivity index (χ1n) is 7.68. The van der Waals surface area contributed by atoms with E-state index in [0.29, 0.717) is 19.4 Å². The van der Waals surface area contributed by atoms with E-state index in [1.54, 1.807) is 6.92 Å². The van der Waals surface area contributed by atoms with Crippen LogP contribution in [0.4, 0.5) is 0 Å². The van der Waals surface area contributed by atoms with Gasteiger partial charge in [0.25, 0.3) is 0 Å². The number of carboxylic acid groups (broad SMARTS) is 1. The molecule has 0 aromatic heterocycles. The van der Waals surface area contributed by atoms with Crippen molar-refractivity contribution in [2.45, 2.75) is 46.0 Å². The van der Waals surface area contributed by atoms with Gasteiger partial charge in [-0.05, 0) is 26.2 Å². The lowest BCUT2D eigenvalue weighted by Crippen LogP contribution is -2.45. The van der Waals surface area contributed by atoms with Gasteiger partial charge < -0.3 is 14.7 Å². The molecule has 1 saturated carbocycles. The molecular formula is C15H25NO5. The molecule has 1 amide bonds. The number of carboxylic acids is 1. The van der Waals surface area contributed by atoms with E-state index in [1.165, 1.54) is 4.90 Å². The highest BCUT2D eigenvalue weighted by molar-refractivity contribution is 5.87. The predicted octanol–water partition coefficient (Wildman–Crippen LogP) is 1.68. The van der Waals surface area contributed by atoms with Crippen LogP contribution in [-0.2, 0) is 19.1 Å². The first-order chi connectivity index (χ1) is 10.0. The van der Waals surface area contributed by atoms with Gasteiger partial charge in [0.15, 0.2) is 0 Å².